The highest BCUT2D eigenvalue weighted by Crippen LogP contribution is 2.36. The Morgan fingerprint density at radius 3 is 2.76 bits per heavy atom. The van der Waals surface area contributed by atoms with Gasteiger partial charge in [0.05, 0.1) is 0 Å². The third-order valence-corrected chi connectivity index (χ3v) is 3.93. The highest BCUT2D eigenvalue weighted by molar-refractivity contribution is 7.99. The molecule has 1 heterocycles. The number of imidazole rings is 1. The molecule has 0 bridgehead atoms. The van der Waals surface area contributed by atoms with Crippen molar-refractivity contribution in [2.24, 2.45) is 7.05 Å². The molecule has 1 unspecified atom stereocenters. The van der Waals surface area contributed by atoms with Crippen LogP contribution >= 0.6 is 11.8 Å². The molecular formula is C14H16N2S. The van der Waals surface area contributed by atoms with Crippen molar-refractivity contribution in [2.45, 2.75) is 16.8 Å². The van der Waals surface area contributed by atoms with Crippen LogP contribution in [0, 0.1) is 0 Å². The fraction of sp³-hybridized carbons (Fsp3) is 0.214. The van der Waals surface area contributed by atoms with Gasteiger partial charge in [-0.05, 0) is 12.0 Å². The first-order valence-electron chi connectivity index (χ1n) is 5.61. The molecule has 3 heteroatoms. The summed E-state index contributed by atoms with van der Waals surface area (Å²) >= 11 is 1.78. The van der Waals surface area contributed by atoms with Crippen LogP contribution in [0.3, 0.4) is 0 Å². The van der Waals surface area contributed by atoms with E-state index in [2.05, 4.69) is 35.8 Å². The Labute approximate surface area is 106 Å². The number of hydrogen-bond acceptors (Lipinski definition) is 2. The molecule has 0 radical (unpaired) electrons. The molecule has 2 aromatic rings. The van der Waals surface area contributed by atoms with Gasteiger partial charge in [0, 0.05) is 24.7 Å². The van der Waals surface area contributed by atoms with Gasteiger partial charge in [-0.25, -0.2) is 4.98 Å². The molecule has 0 saturated carbocycles. The topological polar surface area (TPSA) is 17.8 Å². The lowest BCUT2D eigenvalue weighted by Gasteiger charge is -2.14. The number of allylic oxidation sites excluding steroid dienone is 1. The van der Waals surface area contributed by atoms with Crippen molar-refractivity contribution in [3.8, 4) is 0 Å². The zero-order valence-corrected chi connectivity index (χ0v) is 10.7. The number of nitrogens with zero attached hydrogens (tertiary/aromatic N) is 2. The summed E-state index contributed by atoms with van der Waals surface area (Å²) in [5, 5.41) is 1.43. The monoisotopic (exact) mass is 244 g/mol. The minimum atomic E-state index is 0.384. The number of thioether (sulfide) groups is 1. The first-order chi connectivity index (χ1) is 8.31. The van der Waals surface area contributed by atoms with Gasteiger partial charge in [-0.1, -0.05) is 48.2 Å². The highest BCUT2D eigenvalue weighted by atomic mass is 32.2. The Morgan fingerprint density at radius 2 is 2.18 bits per heavy atom. The Bertz CT molecular complexity index is 476. The van der Waals surface area contributed by atoms with E-state index in [1.807, 2.05) is 36.2 Å². The maximum atomic E-state index is 4.35. The molecule has 17 heavy (non-hydrogen) atoms. The number of aryl methyl sites for hydroxylation is 1. The van der Waals surface area contributed by atoms with E-state index in [1.165, 1.54) is 5.56 Å². The van der Waals surface area contributed by atoms with Gasteiger partial charge in [0.15, 0.2) is 5.16 Å². The van der Waals surface area contributed by atoms with Gasteiger partial charge < -0.3 is 4.57 Å². The quantitative estimate of drug-likeness (QED) is 0.587. The van der Waals surface area contributed by atoms with E-state index in [9.17, 15) is 0 Å². The molecular weight excluding hydrogens is 228 g/mol. The van der Waals surface area contributed by atoms with Gasteiger partial charge in [-0.2, -0.15) is 0 Å². The van der Waals surface area contributed by atoms with Gasteiger partial charge in [0.1, 0.15) is 0 Å². The number of hydrogen-bond donors (Lipinski definition) is 0. The molecule has 0 spiro atoms. The Kier molecular flexibility index (Phi) is 4.04. The van der Waals surface area contributed by atoms with Crippen LogP contribution in [0.1, 0.15) is 17.2 Å². The van der Waals surface area contributed by atoms with E-state index >= 15 is 0 Å². The molecule has 2 rings (SSSR count). The molecule has 1 aromatic heterocycles. The number of aromatic nitrogens is 2. The minimum absolute atomic E-state index is 0.384. The van der Waals surface area contributed by atoms with Crippen molar-refractivity contribution in [3.05, 3.63) is 60.9 Å². The average molecular weight is 244 g/mol. The van der Waals surface area contributed by atoms with Crippen LogP contribution in [0.25, 0.3) is 0 Å². The van der Waals surface area contributed by atoms with E-state index in [-0.39, 0.29) is 0 Å². The lowest BCUT2D eigenvalue weighted by atomic mass is 10.1. The molecule has 0 N–H and O–H groups in total. The van der Waals surface area contributed by atoms with E-state index in [0.717, 1.165) is 11.6 Å². The summed E-state index contributed by atoms with van der Waals surface area (Å²) in [6.07, 6.45) is 6.71. The van der Waals surface area contributed by atoms with Gasteiger partial charge in [0.25, 0.3) is 0 Å². The molecule has 2 nitrogen and oxygen atoms in total. The van der Waals surface area contributed by atoms with Gasteiger partial charge in [0.2, 0.25) is 0 Å². The molecule has 0 aliphatic heterocycles. The summed E-state index contributed by atoms with van der Waals surface area (Å²) in [5.41, 5.74) is 1.32. The second-order valence-corrected chi connectivity index (χ2v) is 5.03. The fourth-order valence-corrected chi connectivity index (χ4v) is 2.79. The van der Waals surface area contributed by atoms with Crippen molar-refractivity contribution >= 4 is 11.8 Å². The largest absolute Gasteiger partial charge is 0.329 e. The van der Waals surface area contributed by atoms with Crippen LogP contribution in [0.15, 0.2) is 60.5 Å². The Hall–Kier alpha value is -1.48. The highest BCUT2D eigenvalue weighted by Gasteiger charge is 2.13. The van der Waals surface area contributed by atoms with Crippen LogP contribution < -0.4 is 0 Å². The first kappa shape index (κ1) is 12.0. The molecule has 0 saturated heterocycles. The van der Waals surface area contributed by atoms with Crippen molar-refractivity contribution in [2.75, 3.05) is 0 Å². The summed E-state index contributed by atoms with van der Waals surface area (Å²) in [7, 11) is 2.02. The summed E-state index contributed by atoms with van der Waals surface area (Å²) in [6, 6.07) is 10.5. The molecule has 0 fully saturated rings. The summed E-state index contributed by atoms with van der Waals surface area (Å²) in [6.45, 7) is 3.84. The number of benzene rings is 1. The maximum absolute atomic E-state index is 4.35. The van der Waals surface area contributed by atoms with Crippen LogP contribution in [0.5, 0.6) is 0 Å². The normalized spacial score (nSPS) is 12.3. The third-order valence-electron chi connectivity index (χ3n) is 2.58. The van der Waals surface area contributed by atoms with Crippen LogP contribution in [0.4, 0.5) is 0 Å². The summed E-state index contributed by atoms with van der Waals surface area (Å²) < 4.78 is 2.05. The van der Waals surface area contributed by atoms with Gasteiger partial charge in [-0.3, -0.25) is 0 Å². The molecule has 0 amide bonds. The zero-order valence-electron chi connectivity index (χ0n) is 9.91. The number of rotatable bonds is 5. The van der Waals surface area contributed by atoms with E-state index in [0.29, 0.717) is 5.25 Å². The van der Waals surface area contributed by atoms with Crippen molar-refractivity contribution in [3.63, 3.8) is 0 Å². The fourth-order valence-electron chi connectivity index (χ4n) is 1.66. The lowest BCUT2D eigenvalue weighted by Crippen LogP contribution is -1.96. The zero-order chi connectivity index (χ0) is 12.1. The first-order valence-corrected chi connectivity index (χ1v) is 6.49. The van der Waals surface area contributed by atoms with E-state index in [1.54, 1.807) is 11.8 Å². The van der Waals surface area contributed by atoms with E-state index < -0.39 is 0 Å². The smallest absolute Gasteiger partial charge is 0.168 e. The summed E-state index contributed by atoms with van der Waals surface area (Å²) in [4.78, 5) is 4.35. The molecule has 0 aliphatic carbocycles. The SMILES string of the molecule is C=CCC(Sc1nccn1C)c1ccccc1. The van der Waals surface area contributed by atoms with Gasteiger partial charge in [-0.15, -0.1) is 6.58 Å². The van der Waals surface area contributed by atoms with Gasteiger partial charge >= 0.3 is 0 Å². The predicted molar refractivity (Wildman–Crippen MR) is 73.1 cm³/mol. The molecule has 88 valence electrons. The maximum Gasteiger partial charge on any atom is 0.168 e. The van der Waals surface area contributed by atoms with Crippen LogP contribution in [0.2, 0.25) is 0 Å². The van der Waals surface area contributed by atoms with Crippen molar-refractivity contribution < 1.29 is 0 Å². The predicted octanol–water partition coefficient (Wildman–Crippen LogP) is 3.83. The Morgan fingerprint density at radius 1 is 1.41 bits per heavy atom. The minimum Gasteiger partial charge on any atom is -0.329 e. The summed E-state index contributed by atoms with van der Waals surface area (Å²) in [5.74, 6) is 0. The average Bonchev–Trinajstić information content (AvgIpc) is 2.76. The van der Waals surface area contributed by atoms with Crippen LogP contribution in [-0.4, -0.2) is 9.55 Å². The second-order valence-electron chi connectivity index (χ2n) is 3.86. The van der Waals surface area contributed by atoms with Crippen molar-refractivity contribution in [1.29, 1.82) is 0 Å². The van der Waals surface area contributed by atoms with Crippen LogP contribution in [-0.2, 0) is 7.05 Å². The Balaban J connectivity index is 2.19. The van der Waals surface area contributed by atoms with Crippen molar-refractivity contribution in [1.82, 2.24) is 9.55 Å². The molecule has 1 atom stereocenters. The third kappa shape index (κ3) is 3.01. The molecule has 1 aromatic carbocycles. The van der Waals surface area contributed by atoms with E-state index in [4.69, 9.17) is 0 Å². The second kappa shape index (κ2) is 5.73. The standard InChI is InChI=1S/C14H16N2S/c1-3-7-13(12-8-5-4-6-9-12)17-14-15-10-11-16(14)2/h3-6,8-11,13H,1,7H2,2H3. The molecule has 0 aliphatic rings. The lowest BCUT2D eigenvalue weighted by molar-refractivity contribution is 0.783.